The fourth-order valence-corrected chi connectivity index (χ4v) is 3.57. The molecule has 0 aliphatic heterocycles. The maximum atomic E-state index is 13.4. The molecule has 6 nitrogen and oxygen atoms in total. The van der Waals surface area contributed by atoms with Gasteiger partial charge in [0.15, 0.2) is 0 Å². The normalized spacial score (nSPS) is 12.7. The van der Waals surface area contributed by atoms with E-state index in [2.05, 4.69) is 34.8 Å². The van der Waals surface area contributed by atoms with Crippen molar-refractivity contribution < 1.29 is 18.4 Å². The third-order valence-corrected chi connectivity index (χ3v) is 5.48. The molecule has 0 saturated heterocycles. The van der Waals surface area contributed by atoms with Crippen LogP contribution in [0.25, 0.3) is 0 Å². The monoisotopic (exact) mass is 474 g/mol. The van der Waals surface area contributed by atoms with E-state index < -0.39 is 23.6 Å². The van der Waals surface area contributed by atoms with Crippen LogP contribution in [0.3, 0.4) is 0 Å². The number of aryl methyl sites for hydroxylation is 1. The highest BCUT2D eigenvalue weighted by Crippen LogP contribution is 2.11. The van der Waals surface area contributed by atoms with E-state index in [1.54, 1.807) is 12.3 Å². The number of pyridine rings is 1. The number of hydrogen-bond acceptors (Lipinski definition) is 4. The first-order chi connectivity index (χ1) is 16.3. The van der Waals surface area contributed by atoms with Gasteiger partial charge >= 0.3 is 0 Å². The van der Waals surface area contributed by atoms with Gasteiger partial charge in [-0.25, -0.2) is 13.8 Å². The first kappa shape index (κ1) is 27.4. The molecule has 1 heterocycles. The van der Waals surface area contributed by atoms with E-state index in [-0.39, 0.29) is 17.9 Å². The number of unbranched alkanes of at least 4 members (excludes halogenated alkanes) is 1. The molecular weight excluding hydrogens is 438 g/mol. The molecule has 2 unspecified atom stereocenters. The number of aromatic nitrogens is 1. The summed E-state index contributed by atoms with van der Waals surface area (Å²) in [4.78, 5) is 29.4. The number of nitrogens with zero attached hydrogens (tertiary/aromatic N) is 1. The molecule has 1 aromatic heterocycles. The smallest absolute Gasteiger partial charge is 0.248 e. The molecule has 3 N–H and O–H groups in total. The topological polar surface area (TPSA) is 83.1 Å². The molecule has 2 amide bonds. The summed E-state index contributed by atoms with van der Waals surface area (Å²) < 4.78 is 26.7. The van der Waals surface area contributed by atoms with Gasteiger partial charge in [-0.15, -0.1) is 0 Å². The molecule has 0 spiro atoms. The minimum absolute atomic E-state index is 0.206. The summed E-state index contributed by atoms with van der Waals surface area (Å²) >= 11 is 0. The largest absolute Gasteiger partial charge is 0.344 e. The number of benzene rings is 1. The molecule has 0 aliphatic carbocycles. The van der Waals surface area contributed by atoms with Crippen LogP contribution in [0.5, 0.6) is 0 Å². The van der Waals surface area contributed by atoms with Crippen molar-refractivity contribution in [3.05, 3.63) is 59.3 Å². The number of hydrogen-bond donors (Lipinski definition) is 3. The molecule has 1 aromatic carbocycles. The fourth-order valence-electron chi connectivity index (χ4n) is 3.57. The Hall–Kier alpha value is -2.87. The van der Waals surface area contributed by atoms with E-state index in [0.29, 0.717) is 24.7 Å². The van der Waals surface area contributed by atoms with Crippen LogP contribution < -0.4 is 16.0 Å². The van der Waals surface area contributed by atoms with Crippen molar-refractivity contribution in [1.29, 1.82) is 0 Å². The van der Waals surface area contributed by atoms with Crippen molar-refractivity contribution in [1.82, 2.24) is 15.6 Å². The third kappa shape index (κ3) is 9.95. The summed E-state index contributed by atoms with van der Waals surface area (Å²) in [5.41, 5.74) is 1.29. The summed E-state index contributed by atoms with van der Waals surface area (Å²) in [5.74, 6) is -1.95. The zero-order valence-electron chi connectivity index (χ0n) is 20.3. The molecule has 8 heteroatoms. The quantitative estimate of drug-likeness (QED) is 0.351. The number of halogens is 2. The summed E-state index contributed by atoms with van der Waals surface area (Å²) in [6.45, 7) is 7.27. The molecule has 0 radical (unpaired) electrons. The fraction of sp³-hybridized carbons (Fsp3) is 0.500. The van der Waals surface area contributed by atoms with Crippen molar-refractivity contribution in [2.45, 2.75) is 77.8 Å². The van der Waals surface area contributed by atoms with Crippen molar-refractivity contribution in [3.8, 4) is 0 Å². The van der Waals surface area contributed by atoms with Crippen molar-refractivity contribution in [3.63, 3.8) is 0 Å². The first-order valence-electron chi connectivity index (χ1n) is 12.0. The SMILES string of the molecule is CCCCNC(C)CCc1ccc(NC(=O)C(CCC)NC(=O)Cc2cc(F)cc(F)c2)nc1. The van der Waals surface area contributed by atoms with Crippen molar-refractivity contribution >= 4 is 17.6 Å². The van der Waals surface area contributed by atoms with Gasteiger partial charge in [0.1, 0.15) is 23.5 Å². The summed E-state index contributed by atoms with van der Waals surface area (Å²) in [6, 6.07) is 6.30. The predicted octanol–water partition coefficient (Wildman–Crippen LogP) is 4.54. The Morgan fingerprint density at radius 1 is 1.00 bits per heavy atom. The highest BCUT2D eigenvalue weighted by Gasteiger charge is 2.21. The Morgan fingerprint density at radius 3 is 2.35 bits per heavy atom. The number of anilines is 1. The molecule has 0 aliphatic rings. The highest BCUT2D eigenvalue weighted by molar-refractivity contribution is 5.96. The van der Waals surface area contributed by atoms with Gasteiger partial charge in [0.25, 0.3) is 0 Å². The minimum atomic E-state index is -0.771. The van der Waals surface area contributed by atoms with E-state index in [0.717, 1.165) is 43.1 Å². The Balaban J connectivity index is 1.87. The second kappa shape index (κ2) is 14.4. The molecule has 0 saturated carbocycles. The van der Waals surface area contributed by atoms with Gasteiger partial charge in [-0.1, -0.05) is 32.8 Å². The molecule has 2 rings (SSSR count). The summed E-state index contributed by atoms with van der Waals surface area (Å²) in [7, 11) is 0. The Kier molecular flexibility index (Phi) is 11.6. The van der Waals surface area contributed by atoms with Crippen LogP contribution in [0.15, 0.2) is 36.5 Å². The van der Waals surface area contributed by atoms with Crippen molar-refractivity contribution in [2.75, 3.05) is 11.9 Å². The molecule has 2 atom stereocenters. The Morgan fingerprint density at radius 2 is 1.74 bits per heavy atom. The van der Waals surface area contributed by atoms with Gasteiger partial charge in [0.2, 0.25) is 11.8 Å². The standard InChI is InChI=1S/C26H36F2N4O2/c1-4-6-12-29-18(3)8-9-19-10-11-24(30-17-19)32-26(34)23(7-5-2)31-25(33)15-20-13-21(27)16-22(28)14-20/h10-11,13-14,16-18,23,29H,4-9,12,15H2,1-3H3,(H,31,33)(H,30,32,34). The van der Waals surface area contributed by atoms with Crippen LogP contribution in [-0.4, -0.2) is 35.4 Å². The lowest BCUT2D eigenvalue weighted by molar-refractivity contribution is -0.126. The number of rotatable bonds is 14. The zero-order chi connectivity index (χ0) is 24.9. The average Bonchev–Trinajstić information content (AvgIpc) is 2.77. The molecule has 186 valence electrons. The molecule has 34 heavy (non-hydrogen) atoms. The van der Waals surface area contributed by atoms with Gasteiger partial charge < -0.3 is 16.0 Å². The first-order valence-corrected chi connectivity index (χ1v) is 12.0. The van der Waals surface area contributed by atoms with Gasteiger partial charge in [-0.2, -0.15) is 0 Å². The average molecular weight is 475 g/mol. The van der Waals surface area contributed by atoms with Crippen molar-refractivity contribution in [2.24, 2.45) is 0 Å². The number of nitrogens with one attached hydrogen (secondary N) is 3. The Labute approximate surface area is 200 Å². The second-order valence-electron chi connectivity index (χ2n) is 8.65. The highest BCUT2D eigenvalue weighted by atomic mass is 19.1. The lowest BCUT2D eigenvalue weighted by Gasteiger charge is -2.18. The lowest BCUT2D eigenvalue weighted by atomic mass is 10.1. The molecule has 0 bridgehead atoms. The number of amides is 2. The van der Waals surface area contributed by atoms with E-state index in [1.165, 1.54) is 12.8 Å². The molecule has 2 aromatic rings. The van der Waals surface area contributed by atoms with Crippen LogP contribution >= 0.6 is 0 Å². The van der Waals surface area contributed by atoms with E-state index >= 15 is 0 Å². The van der Waals surface area contributed by atoms with Crippen LogP contribution in [0, 0.1) is 11.6 Å². The van der Waals surface area contributed by atoms with Crippen LogP contribution in [0.4, 0.5) is 14.6 Å². The van der Waals surface area contributed by atoms with Gasteiger partial charge in [0.05, 0.1) is 6.42 Å². The van der Waals surface area contributed by atoms with Crippen LogP contribution in [-0.2, 0) is 22.4 Å². The minimum Gasteiger partial charge on any atom is -0.344 e. The van der Waals surface area contributed by atoms with Gasteiger partial charge in [0, 0.05) is 18.3 Å². The molecule has 0 fully saturated rings. The predicted molar refractivity (Wildman–Crippen MR) is 130 cm³/mol. The van der Waals surface area contributed by atoms with Gasteiger partial charge in [-0.3, -0.25) is 9.59 Å². The summed E-state index contributed by atoms with van der Waals surface area (Å²) in [5, 5.41) is 8.91. The zero-order valence-corrected chi connectivity index (χ0v) is 20.3. The summed E-state index contributed by atoms with van der Waals surface area (Å²) in [6.07, 6.45) is 6.85. The lowest BCUT2D eigenvalue weighted by Crippen LogP contribution is -2.44. The van der Waals surface area contributed by atoms with Gasteiger partial charge in [-0.05, 0) is 68.5 Å². The van der Waals surface area contributed by atoms with Crippen LogP contribution in [0.2, 0.25) is 0 Å². The van der Waals surface area contributed by atoms with E-state index in [9.17, 15) is 18.4 Å². The van der Waals surface area contributed by atoms with E-state index in [1.807, 2.05) is 13.0 Å². The maximum absolute atomic E-state index is 13.4. The maximum Gasteiger partial charge on any atom is 0.248 e. The molecular formula is C26H36F2N4O2. The van der Waals surface area contributed by atoms with Crippen LogP contribution in [0.1, 0.15) is 64.0 Å². The second-order valence-corrected chi connectivity index (χ2v) is 8.65. The number of carbonyl (C=O) groups excluding carboxylic acids is 2. The number of carbonyl (C=O) groups is 2. The van der Waals surface area contributed by atoms with E-state index in [4.69, 9.17) is 0 Å². The Bertz CT molecular complexity index is 901. The third-order valence-electron chi connectivity index (χ3n) is 5.48.